The molecule has 7 heteroatoms. The van der Waals surface area contributed by atoms with Crippen molar-refractivity contribution in [3.63, 3.8) is 0 Å². The van der Waals surface area contributed by atoms with Crippen molar-refractivity contribution < 1.29 is 9.53 Å². The van der Waals surface area contributed by atoms with Gasteiger partial charge in [-0.1, -0.05) is 12.1 Å². The number of benzene rings is 2. The summed E-state index contributed by atoms with van der Waals surface area (Å²) in [6.07, 6.45) is 5.28. The van der Waals surface area contributed by atoms with Crippen molar-refractivity contribution in [3.8, 4) is 11.3 Å². The van der Waals surface area contributed by atoms with Crippen LogP contribution in [0.15, 0.2) is 66.0 Å². The minimum absolute atomic E-state index is 0.333. The quantitative estimate of drug-likeness (QED) is 0.365. The van der Waals surface area contributed by atoms with Crippen LogP contribution in [0.5, 0.6) is 0 Å². The molecule has 0 saturated carbocycles. The number of thiol groups is 1. The average molecular weight is 404 g/mol. The van der Waals surface area contributed by atoms with E-state index < -0.39 is 0 Å². The molecule has 0 amide bonds. The number of hydrogen-bond donors (Lipinski definition) is 2. The number of esters is 1. The molecule has 146 valence electrons. The smallest absolute Gasteiger partial charge is 0.338 e. The van der Waals surface area contributed by atoms with Gasteiger partial charge >= 0.3 is 5.97 Å². The van der Waals surface area contributed by atoms with E-state index in [0.717, 1.165) is 38.9 Å². The highest BCUT2D eigenvalue weighted by Crippen LogP contribution is 2.34. The minimum Gasteiger partial charge on any atom is -0.462 e. The first-order chi connectivity index (χ1) is 14.1. The van der Waals surface area contributed by atoms with E-state index in [1.165, 1.54) is 0 Å². The number of imidazole rings is 1. The van der Waals surface area contributed by atoms with Gasteiger partial charge in [0.1, 0.15) is 11.5 Å². The molecule has 29 heavy (non-hydrogen) atoms. The van der Waals surface area contributed by atoms with E-state index in [9.17, 15) is 4.79 Å². The maximum atomic E-state index is 11.9. The first-order valence-electron chi connectivity index (χ1n) is 9.23. The molecule has 0 spiro atoms. The molecule has 6 nitrogen and oxygen atoms in total. The number of nitrogens with one attached hydrogen (secondary N) is 1. The van der Waals surface area contributed by atoms with E-state index in [1.54, 1.807) is 31.5 Å². The summed E-state index contributed by atoms with van der Waals surface area (Å²) in [5.41, 5.74) is 4.89. The zero-order valence-corrected chi connectivity index (χ0v) is 17.0. The van der Waals surface area contributed by atoms with E-state index in [4.69, 9.17) is 9.72 Å². The summed E-state index contributed by atoms with van der Waals surface area (Å²) in [5, 5.41) is 3.42. The Labute approximate surface area is 174 Å². The molecule has 2 aromatic carbocycles. The molecule has 0 radical (unpaired) electrons. The van der Waals surface area contributed by atoms with Gasteiger partial charge in [0.05, 0.1) is 18.4 Å². The van der Waals surface area contributed by atoms with Gasteiger partial charge in [0.15, 0.2) is 5.65 Å². The topological polar surface area (TPSA) is 68.5 Å². The molecule has 2 aromatic heterocycles. The van der Waals surface area contributed by atoms with Crippen molar-refractivity contribution in [1.82, 2.24) is 14.4 Å². The van der Waals surface area contributed by atoms with Crippen LogP contribution in [0.3, 0.4) is 0 Å². The second-order valence-corrected chi connectivity index (χ2v) is 7.04. The van der Waals surface area contributed by atoms with Crippen LogP contribution in [-0.4, -0.2) is 26.9 Å². The van der Waals surface area contributed by atoms with Crippen molar-refractivity contribution >= 4 is 35.8 Å². The average Bonchev–Trinajstić information content (AvgIpc) is 3.07. The standard InChI is InChI=1S/C22H20N4O2S/c1-3-28-22(27)15-5-7-16(8-6-15)24-21-20(17-9-4-14(2)12-18(17)29)25-19-13-23-10-11-26(19)21/h4-13,24,29H,3H2,1-2H3. The second-order valence-electron chi connectivity index (χ2n) is 6.56. The van der Waals surface area contributed by atoms with Crippen LogP contribution in [0.4, 0.5) is 11.5 Å². The van der Waals surface area contributed by atoms with Crippen LogP contribution in [0.1, 0.15) is 22.8 Å². The van der Waals surface area contributed by atoms with E-state index in [1.807, 2.05) is 47.9 Å². The Morgan fingerprint density at radius 2 is 2.00 bits per heavy atom. The Kier molecular flexibility index (Phi) is 5.22. The largest absolute Gasteiger partial charge is 0.462 e. The summed E-state index contributed by atoms with van der Waals surface area (Å²) in [6.45, 7) is 4.16. The molecule has 0 aliphatic heterocycles. The molecule has 2 heterocycles. The Hall–Kier alpha value is -3.32. The Morgan fingerprint density at radius 1 is 1.21 bits per heavy atom. The van der Waals surface area contributed by atoms with E-state index in [0.29, 0.717) is 12.2 Å². The van der Waals surface area contributed by atoms with E-state index in [2.05, 4.69) is 22.9 Å². The zero-order valence-electron chi connectivity index (χ0n) is 16.1. The van der Waals surface area contributed by atoms with Gasteiger partial charge in [-0.2, -0.15) is 0 Å². The first-order valence-corrected chi connectivity index (χ1v) is 9.68. The predicted octanol–water partition coefficient (Wildman–Crippen LogP) is 4.91. The highest BCUT2D eigenvalue weighted by molar-refractivity contribution is 7.80. The van der Waals surface area contributed by atoms with Crippen LogP contribution < -0.4 is 5.32 Å². The van der Waals surface area contributed by atoms with Crippen molar-refractivity contribution in [3.05, 3.63) is 72.2 Å². The lowest BCUT2D eigenvalue weighted by molar-refractivity contribution is 0.0526. The number of ether oxygens (including phenoxy) is 1. The first kappa shape index (κ1) is 19.0. The van der Waals surface area contributed by atoms with Gasteiger partial charge < -0.3 is 10.1 Å². The summed E-state index contributed by atoms with van der Waals surface area (Å²) >= 11 is 4.65. The van der Waals surface area contributed by atoms with Crippen LogP contribution in [0.2, 0.25) is 0 Å². The van der Waals surface area contributed by atoms with Crippen molar-refractivity contribution in [2.75, 3.05) is 11.9 Å². The van der Waals surface area contributed by atoms with Crippen LogP contribution >= 0.6 is 12.6 Å². The summed E-state index contributed by atoms with van der Waals surface area (Å²) in [6, 6.07) is 13.2. The Bertz CT molecular complexity index is 1190. The molecule has 4 aromatic rings. The molecular weight excluding hydrogens is 384 g/mol. The molecule has 0 aliphatic carbocycles. The van der Waals surface area contributed by atoms with Crippen LogP contribution in [0, 0.1) is 6.92 Å². The van der Waals surface area contributed by atoms with Gasteiger partial charge in [0.25, 0.3) is 0 Å². The number of fused-ring (bicyclic) bond motifs is 1. The summed E-state index contributed by atoms with van der Waals surface area (Å²) in [5.74, 6) is 0.463. The third kappa shape index (κ3) is 3.82. The molecule has 1 N–H and O–H groups in total. The summed E-state index contributed by atoms with van der Waals surface area (Å²) < 4.78 is 6.98. The molecule has 0 aliphatic rings. The van der Waals surface area contributed by atoms with Gasteiger partial charge in [-0.15, -0.1) is 12.6 Å². The molecule has 0 unspecified atom stereocenters. The normalized spacial score (nSPS) is 10.9. The van der Waals surface area contributed by atoms with Gasteiger partial charge in [0, 0.05) is 28.5 Å². The highest BCUT2D eigenvalue weighted by atomic mass is 32.1. The molecule has 0 bridgehead atoms. The predicted molar refractivity (Wildman–Crippen MR) is 116 cm³/mol. The molecule has 4 rings (SSSR count). The number of carbonyl (C=O) groups is 1. The van der Waals surface area contributed by atoms with Gasteiger partial charge in [0.2, 0.25) is 0 Å². The second kappa shape index (κ2) is 7.97. The third-order valence-corrected chi connectivity index (χ3v) is 4.87. The van der Waals surface area contributed by atoms with Crippen LogP contribution in [-0.2, 0) is 4.74 Å². The number of aryl methyl sites for hydroxylation is 1. The fraction of sp³-hybridized carbons (Fsp3) is 0.136. The van der Waals surface area contributed by atoms with E-state index >= 15 is 0 Å². The van der Waals surface area contributed by atoms with Crippen molar-refractivity contribution in [2.45, 2.75) is 18.7 Å². The van der Waals surface area contributed by atoms with E-state index in [-0.39, 0.29) is 5.97 Å². The number of anilines is 2. The number of aromatic nitrogens is 3. The molecule has 0 fully saturated rings. The summed E-state index contributed by atoms with van der Waals surface area (Å²) in [4.78, 5) is 21.7. The molecule has 0 saturated heterocycles. The SMILES string of the molecule is CCOC(=O)c1ccc(Nc2c(-c3ccc(C)cc3S)nc3cnccn23)cc1. The zero-order chi connectivity index (χ0) is 20.4. The number of rotatable bonds is 5. The third-order valence-electron chi connectivity index (χ3n) is 4.50. The lowest BCUT2D eigenvalue weighted by atomic mass is 10.1. The lowest BCUT2D eigenvalue weighted by Crippen LogP contribution is -2.04. The Morgan fingerprint density at radius 3 is 2.72 bits per heavy atom. The van der Waals surface area contributed by atoms with Crippen molar-refractivity contribution in [2.24, 2.45) is 0 Å². The molecular formula is C22H20N4O2S. The Balaban J connectivity index is 1.76. The highest BCUT2D eigenvalue weighted by Gasteiger charge is 2.17. The van der Waals surface area contributed by atoms with Gasteiger partial charge in [-0.25, -0.2) is 9.78 Å². The van der Waals surface area contributed by atoms with Crippen LogP contribution in [0.25, 0.3) is 16.9 Å². The van der Waals surface area contributed by atoms with Crippen molar-refractivity contribution in [1.29, 1.82) is 0 Å². The molecule has 0 atom stereocenters. The van der Waals surface area contributed by atoms with Gasteiger partial charge in [-0.3, -0.25) is 9.38 Å². The maximum absolute atomic E-state index is 11.9. The van der Waals surface area contributed by atoms with Gasteiger partial charge in [-0.05, 0) is 49.7 Å². The number of nitrogens with zero attached hydrogens (tertiary/aromatic N) is 3. The fourth-order valence-corrected chi connectivity index (χ4v) is 3.48. The lowest BCUT2D eigenvalue weighted by Gasteiger charge is -2.11. The maximum Gasteiger partial charge on any atom is 0.338 e. The minimum atomic E-state index is -0.333. The summed E-state index contributed by atoms with van der Waals surface area (Å²) in [7, 11) is 0. The monoisotopic (exact) mass is 404 g/mol. The number of hydrogen-bond acceptors (Lipinski definition) is 6. The fourth-order valence-electron chi connectivity index (χ4n) is 3.10. The number of carbonyl (C=O) groups excluding carboxylic acids is 1.